The van der Waals surface area contributed by atoms with Gasteiger partial charge < -0.3 is 14.2 Å². The minimum atomic E-state index is -0.639. The first kappa shape index (κ1) is 15.9. The summed E-state index contributed by atoms with van der Waals surface area (Å²) in [7, 11) is 0. The second-order valence-corrected chi connectivity index (χ2v) is 6.20. The molecule has 106 valence electrons. The van der Waals surface area contributed by atoms with E-state index in [1.165, 1.54) is 0 Å². The van der Waals surface area contributed by atoms with E-state index in [9.17, 15) is 4.79 Å². The van der Waals surface area contributed by atoms with Crippen molar-refractivity contribution in [2.75, 3.05) is 11.9 Å². The van der Waals surface area contributed by atoms with Gasteiger partial charge in [0.1, 0.15) is 0 Å². The van der Waals surface area contributed by atoms with Crippen molar-refractivity contribution in [2.24, 2.45) is 5.92 Å². The monoisotopic (exact) mass is 322 g/mol. The molecule has 0 bridgehead atoms. The van der Waals surface area contributed by atoms with E-state index in [0.717, 1.165) is 5.33 Å². The number of hydrogen-bond donors (Lipinski definition) is 0. The quantitative estimate of drug-likeness (QED) is 0.576. The van der Waals surface area contributed by atoms with E-state index >= 15 is 0 Å². The number of esters is 1. The van der Waals surface area contributed by atoms with Crippen LogP contribution >= 0.6 is 15.9 Å². The molecule has 0 N–H and O–H groups in total. The van der Waals surface area contributed by atoms with E-state index in [4.69, 9.17) is 14.2 Å². The minimum Gasteiger partial charge on any atom is -0.465 e. The van der Waals surface area contributed by atoms with Gasteiger partial charge in [0, 0.05) is 11.8 Å². The van der Waals surface area contributed by atoms with Crippen molar-refractivity contribution in [3.63, 3.8) is 0 Å². The van der Waals surface area contributed by atoms with Gasteiger partial charge in [0.15, 0.2) is 5.79 Å². The Balaban J connectivity index is 2.43. The van der Waals surface area contributed by atoms with Gasteiger partial charge in [0.25, 0.3) is 0 Å². The van der Waals surface area contributed by atoms with Crippen LogP contribution in [-0.2, 0) is 19.0 Å². The lowest BCUT2D eigenvalue weighted by Crippen LogP contribution is -2.46. The average Bonchev–Trinajstić information content (AvgIpc) is 2.24. The summed E-state index contributed by atoms with van der Waals surface area (Å²) in [6, 6.07) is 0. The molecular weight excluding hydrogens is 300 g/mol. The Labute approximate surface area is 117 Å². The second kappa shape index (κ2) is 6.87. The van der Waals surface area contributed by atoms with Crippen LogP contribution < -0.4 is 0 Å². The molecule has 4 nitrogen and oxygen atoms in total. The van der Waals surface area contributed by atoms with E-state index in [0.29, 0.717) is 25.4 Å². The SMILES string of the molecule is CC(C)COC(=O)C[C@H]1C[C@@H](CBr)OC(C)(C)O1. The zero-order chi connectivity index (χ0) is 13.8. The molecule has 1 fully saturated rings. The molecule has 0 aromatic rings. The highest BCUT2D eigenvalue weighted by molar-refractivity contribution is 9.09. The van der Waals surface area contributed by atoms with Crippen LogP contribution in [0.1, 0.15) is 40.5 Å². The predicted octanol–water partition coefficient (Wildman–Crippen LogP) is 2.88. The van der Waals surface area contributed by atoms with Gasteiger partial charge in [-0.3, -0.25) is 4.79 Å². The molecule has 0 aliphatic carbocycles. The molecule has 0 aromatic carbocycles. The molecule has 1 saturated heterocycles. The van der Waals surface area contributed by atoms with Gasteiger partial charge in [-0.25, -0.2) is 0 Å². The average molecular weight is 323 g/mol. The Hall–Kier alpha value is -0.130. The summed E-state index contributed by atoms with van der Waals surface area (Å²) < 4.78 is 16.6. The van der Waals surface area contributed by atoms with Crippen LogP contribution in [0.25, 0.3) is 0 Å². The fraction of sp³-hybridized carbons (Fsp3) is 0.923. The normalized spacial score (nSPS) is 27.2. The van der Waals surface area contributed by atoms with Gasteiger partial charge in [-0.2, -0.15) is 0 Å². The predicted molar refractivity (Wildman–Crippen MR) is 72.7 cm³/mol. The summed E-state index contributed by atoms with van der Waals surface area (Å²) in [5.74, 6) is -0.476. The maximum atomic E-state index is 11.7. The molecule has 1 rings (SSSR count). The molecule has 2 atom stereocenters. The van der Waals surface area contributed by atoms with E-state index in [1.54, 1.807) is 0 Å². The standard InChI is InChI=1S/C13H23BrO4/c1-9(2)8-16-12(15)6-10-5-11(7-14)18-13(3,4)17-10/h9-11H,5-8H2,1-4H3/t10-,11+/m1/s1. The van der Waals surface area contributed by atoms with Gasteiger partial charge in [0.2, 0.25) is 0 Å². The first-order valence-corrected chi connectivity index (χ1v) is 7.51. The Kier molecular flexibility index (Phi) is 6.08. The zero-order valence-corrected chi connectivity index (χ0v) is 13.2. The molecule has 0 saturated carbocycles. The fourth-order valence-electron chi connectivity index (χ4n) is 1.94. The molecule has 18 heavy (non-hydrogen) atoms. The molecule has 1 aliphatic heterocycles. The topological polar surface area (TPSA) is 44.8 Å². The first-order chi connectivity index (χ1) is 8.32. The highest BCUT2D eigenvalue weighted by atomic mass is 79.9. The third-order valence-corrected chi connectivity index (χ3v) is 3.29. The number of halogens is 1. The highest BCUT2D eigenvalue weighted by Gasteiger charge is 2.36. The summed E-state index contributed by atoms with van der Waals surface area (Å²) >= 11 is 3.41. The van der Waals surface area contributed by atoms with Gasteiger partial charge in [-0.15, -0.1) is 0 Å². The number of ether oxygens (including phenoxy) is 3. The number of hydrogen-bond acceptors (Lipinski definition) is 4. The van der Waals surface area contributed by atoms with Crippen molar-refractivity contribution in [1.29, 1.82) is 0 Å². The van der Waals surface area contributed by atoms with Crippen LogP contribution in [0.3, 0.4) is 0 Å². The number of alkyl halides is 1. The van der Waals surface area contributed by atoms with Crippen molar-refractivity contribution < 1.29 is 19.0 Å². The summed E-state index contributed by atoms with van der Waals surface area (Å²) in [5.41, 5.74) is 0. The summed E-state index contributed by atoms with van der Waals surface area (Å²) in [4.78, 5) is 11.7. The van der Waals surface area contributed by atoms with E-state index in [2.05, 4.69) is 15.9 Å². The number of rotatable bonds is 5. The summed E-state index contributed by atoms with van der Waals surface area (Å²) in [6.07, 6.45) is 0.960. The van der Waals surface area contributed by atoms with E-state index in [1.807, 2.05) is 27.7 Å². The molecule has 5 heteroatoms. The third-order valence-electron chi connectivity index (χ3n) is 2.57. The largest absolute Gasteiger partial charge is 0.465 e. The second-order valence-electron chi connectivity index (χ2n) is 5.55. The van der Waals surface area contributed by atoms with Crippen LogP contribution in [-0.4, -0.2) is 35.9 Å². The van der Waals surface area contributed by atoms with Gasteiger partial charge in [-0.05, 0) is 19.8 Å². The van der Waals surface area contributed by atoms with Crippen molar-refractivity contribution in [3.8, 4) is 0 Å². The molecule has 0 radical (unpaired) electrons. The van der Waals surface area contributed by atoms with Crippen LogP contribution in [0.5, 0.6) is 0 Å². The molecule has 0 spiro atoms. The Bertz CT molecular complexity index is 278. The third kappa shape index (κ3) is 5.67. The Morgan fingerprint density at radius 3 is 2.56 bits per heavy atom. The van der Waals surface area contributed by atoms with Crippen molar-refractivity contribution in [1.82, 2.24) is 0 Å². The Morgan fingerprint density at radius 1 is 1.39 bits per heavy atom. The van der Waals surface area contributed by atoms with Crippen molar-refractivity contribution in [2.45, 2.75) is 58.5 Å². The molecule has 1 aliphatic rings. The van der Waals surface area contributed by atoms with Crippen molar-refractivity contribution in [3.05, 3.63) is 0 Å². The summed E-state index contributed by atoms with van der Waals surface area (Å²) in [6.45, 7) is 8.24. The zero-order valence-electron chi connectivity index (χ0n) is 11.6. The number of carbonyl (C=O) groups excluding carboxylic acids is 1. The van der Waals surface area contributed by atoms with Crippen LogP contribution in [0.15, 0.2) is 0 Å². The maximum Gasteiger partial charge on any atom is 0.308 e. The summed E-state index contributed by atoms with van der Waals surface area (Å²) in [5, 5.41) is 0.747. The maximum absolute atomic E-state index is 11.7. The lowest BCUT2D eigenvalue weighted by molar-refractivity contribution is -0.295. The minimum absolute atomic E-state index is 0.0802. The lowest BCUT2D eigenvalue weighted by atomic mass is 10.1. The van der Waals surface area contributed by atoms with Gasteiger partial charge >= 0.3 is 5.97 Å². The Morgan fingerprint density at radius 2 is 2.00 bits per heavy atom. The van der Waals surface area contributed by atoms with Crippen LogP contribution in [0.4, 0.5) is 0 Å². The molecular formula is C13H23BrO4. The highest BCUT2D eigenvalue weighted by Crippen LogP contribution is 2.29. The van der Waals surface area contributed by atoms with Gasteiger partial charge in [0.05, 0.1) is 25.2 Å². The molecule has 1 heterocycles. The molecule has 0 unspecified atom stereocenters. The molecule has 0 amide bonds. The fourth-order valence-corrected chi connectivity index (χ4v) is 2.34. The number of carbonyl (C=O) groups is 1. The van der Waals surface area contributed by atoms with E-state index < -0.39 is 5.79 Å². The van der Waals surface area contributed by atoms with Gasteiger partial charge in [-0.1, -0.05) is 29.8 Å². The van der Waals surface area contributed by atoms with E-state index in [-0.39, 0.29) is 18.2 Å². The lowest BCUT2D eigenvalue weighted by Gasteiger charge is -2.40. The van der Waals surface area contributed by atoms with Crippen LogP contribution in [0, 0.1) is 5.92 Å². The molecule has 0 aromatic heterocycles. The van der Waals surface area contributed by atoms with Crippen molar-refractivity contribution >= 4 is 21.9 Å². The smallest absolute Gasteiger partial charge is 0.308 e. The van der Waals surface area contributed by atoms with Crippen LogP contribution in [0.2, 0.25) is 0 Å². The first-order valence-electron chi connectivity index (χ1n) is 6.39.